The van der Waals surface area contributed by atoms with Crippen molar-refractivity contribution < 1.29 is 36.6 Å². The van der Waals surface area contributed by atoms with Gasteiger partial charge in [0.05, 0.1) is 38.0 Å². The van der Waals surface area contributed by atoms with Crippen molar-refractivity contribution in [2.45, 2.75) is 30.4 Å². The Bertz CT molecular complexity index is 1660. The van der Waals surface area contributed by atoms with E-state index in [-0.39, 0.29) is 36.9 Å². The molecule has 1 atom stereocenters. The Morgan fingerprint density at radius 1 is 0.891 bits per heavy atom. The molecule has 2 heterocycles. The average molecular weight is 648 g/mol. The molecule has 0 bridgehead atoms. The van der Waals surface area contributed by atoms with Crippen LogP contribution in [0.3, 0.4) is 0 Å². The summed E-state index contributed by atoms with van der Waals surface area (Å²) in [7, 11) is -2.10. The summed E-state index contributed by atoms with van der Waals surface area (Å²) in [5.41, 5.74) is 1.68. The van der Waals surface area contributed by atoms with Gasteiger partial charge in [0.1, 0.15) is 23.3 Å². The van der Waals surface area contributed by atoms with Crippen LogP contribution < -0.4 is 14.8 Å². The number of ether oxygens (including phenoxy) is 3. The molecule has 46 heavy (non-hydrogen) atoms. The third-order valence-electron chi connectivity index (χ3n) is 7.59. The largest absolute Gasteiger partial charge is 0.497 e. The lowest BCUT2D eigenvalue weighted by atomic mass is 10.0. The van der Waals surface area contributed by atoms with E-state index in [9.17, 15) is 18.0 Å². The molecule has 1 N–H and O–H groups in total. The SMILES string of the molecule is COc1ccc(CN(C(=O)COc2ccc(S(=O)(=O)N3CCOCC3)cc2)[C@@H](Cc2ccccc2)C(=O)NCc2ccco2)cc1. The Kier molecular flexibility index (Phi) is 11.1. The molecule has 0 saturated carbocycles. The smallest absolute Gasteiger partial charge is 0.261 e. The molecule has 4 aromatic rings. The lowest BCUT2D eigenvalue weighted by Crippen LogP contribution is -2.51. The summed E-state index contributed by atoms with van der Waals surface area (Å²) in [6, 6.07) is 25.3. The van der Waals surface area contributed by atoms with Crippen LogP contribution in [0.15, 0.2) is 107 Å². The number of nitrogens with one attached hydrogen (secondary N) is 1. The number of amides is 2. The van der Waals surface area contributed by atoms with Crippen LogP contribution in [0.2, 0.25) is 0 Å². The van der Waals surface area contributed by atoms with Crippen LogP contribution in [0.4, 0.5) is 0 Å². The van der Waals surface area contributed by atoms with Gasteiger partial charge in [-0.2, -0.15) is 4.31 Å². The fourth-order valence-electron chi connectivity index (χ4n) is 5.06. The number of nitrogens with zero attached hydrogens (tertiary/aromatic N) is 2. The summed E-state index contributed by atoms with van der Waals surface area (Å²) in [5, 5.41) is 2.91. The summed E-state index contributed by atoms with van der Waals surface area (Å²) < 4.78 is 49.2. The minimum absolute atomic E-state index is 0.130. The zero-order valence-electron chi connectivity index (χ0n) is 25.5. The summed E-state index contributed by atoms with van der Waals surface area (Å²) >= 11 is 0. The second-order valence-electron chi connectivity index (χ2n) is 10.6. The van der Waals surface area contributed by atoms with Crippen LogP contribution in [0, 0.1) is 0 Å². The molecular formula is C34H37N3O8S. The first-order valence-corrected chi connectivity index (χ1v) is 16.3. The third-order valence-corrected chi connectivity index (χ3v) is 9.51. The molecular weight excluding hydrogens is 610 g/mol. The predicted molar refractivity (Wildman–Crippen MR) is 170 cm³/mol. The molecule has 0 unspecified atom stereocenters. The fraction of sp³-hybridized carbons (Fsp3) is 0.294. The van der Waals surface area contributed by atoms with Crippen molar-refractivity contribution in [3.63, 3.8) is 0 Å². The van der Waals surface area contributed by atoms with Crippen LogP contribution in [-0.4, -0.2) is 75.5 Å². The van der Waals surface area contributed by atoms with E-state index >= 15 is 0 Å². The topological polar surface area (TPSA) is 128 Å². The van der Waals surface area contributed by atoms with E-state index in [1.54, 1.807) is 31.4 Å². The van der Waals surface area contributed by atoms with Gasteiger partial charge in [-0.05, 0) is 59.7 Å². The standard InChI is InChI=1S/C34H37N3O8S/c1-42-28-11-9-27(10-12-28)24-37(32(22-26-6-3-2-4-7-26)34(39)35-23-30-8-5-19-44-30)33(38)25-45-29-13-15-31(16-14-29)46(40,41)36-17-20-43-21-18-36/h2-16,19,32H,17-18,20-25H2,1H3,(H,35,39)/t32-/m0/s1. The molecule has 3 aromatic carbocycles. The number of morpholine rings is 1. The van der Waals surface area contributed by atoms with Gasteiger partial charge in [0.2, 0.25) is 15.9 Å². The first-order chi connectivity index (χ1) is 22.3. The lowest BCUT2D eigenvalue weighted by Gasteiger charge is -2.31. The van der Waals surface area contributed by atoms with Gasteiger partial charge < -0.3 is 28.8 Å². The molecule has 0 spiro atoms. The van der Waals surface area contributed by atoms with Gasteiger partial charge in [0.25, 0.3) is 5.91 Å². The van der Waals surface area contributed by atoms with Crippen LogP contribution in [0.1, 0.15) is 16.9 Å². The number of hydrogen-bond donors (Lipinski definition) is 1. The van der Waals surface area contributed by atoms with Gasteiger partial charge in [-0.1, -0.05) is 42.5 Å². The predicted octanol–water partition coefficient (Wildman–Crippen LogP) is 3.64. The van der Waals surface area contributed by atoms with E-state index in [1.807, 2.05) is 42.5 Å². The Morgan fingerprint density at radius 3 is 2.24 bits per heavy atom. The highest BCUT2D eigenvalue weighted by molar-refractivity contribution is 7.89. The maximum Gasteiger partial charge on any atom is 0.261 e. The molecule has 5 rings (SSSR count). The van der Waals surface area contributed by atoms with Crippen molar-refractivity contribution in [3.8, 4) is 11.5 Å². The van der Waals surface area contributed by atoms with Gasteiger partial charge in [0, 0.05) is 26.1 Å². The first-order valence-electron chi connectivity index (χ1n) is 14.9. The molecule has 1 aromatic heterocycles. The molecule has 1 saturated heterocycles. The zero-order chi connectivity index (χ0) is 32.4. The number of sulfonamides is 1. The number of furan rings is 1. The number of hydrogen-bond acceptors (Lipinski definition) is 8. The Labute approximate surface area is 268 Å². The minimum atomic E-state index is -3.67. The number of carbonyl (C=O) groups is 2. The number of benzene rings is 3. The van der Waals surface area contributed by atoms with Crippen molar-refractivity contribution in [2.24, 2.45) is 0 Å². The average Bonchev–Trinajstić information content (AvgIpc) is 3.63. The molecule has 0 radical (unpaired) electrons. The highest BCUT2D eigenvalue weighted by atomic mass is 32.2. The maximum atomic E-state index is 13.9. The molecule has 2 amide bonds. The Balaban J connectivity index is 1.35. The quantitative estimate of drug-likeness (QED) is 0.220. The van der Waals surface area contributed by atoms with Gasteiger partial charge in [-0.25, -0.2) is 8.42 Å². The molecule has 242 valence electrons. The van der Waals surface area contributed by atoms with Crippen LogP contribution >= 0.6 is 0 Å². The molecule has 1 aliphatic heterocycles. The first kappa shape index (κ1) is 32.7. The van der Waals surface area contributed by atoms with Crippen molar-refractivity contribution in [1.82, 2.24) is 14.5 Å². The van der Waals surface area contributed by atoms with E-state index in [1.165, 1.54) is 39.7 Å². The van der Waals surface area contributed by atoms with E-state index in [0.29, 0.717) is 43.6 Å². The number of carbonyl (C=O) groups excluding carboxylic acids is 2. The van der Waals surface area contributed by atoms with Gasteiger partial charge in [-0.3, -0.25) is 9.59 Å². The van der Waals surface area contributed by atoms with Crippen molar-refractivity contribution in [1.29, 1.82) is 0 Å². The maximum absolute atomic E-state index is 13.9. The highest BCUT2D eigenvalue weighted by Crippen LogP contribution is 2.22. The second-order valence-corrected chi connectivity index (χ2v) is 12.6. The van der Waals surface area contributed by atoms with Crippen LogP contribution in [0.25, 0.3) is 0 Å². The molecule has 11 nitrogen and oxygen atoms in total. The Hall–Kier alpha value is -4.65. The summed E-state index contributed by atoms with van der Waals surface area (Å²) in [6.07, 6.45) is 1.80. The summed E-state index contributed by atoms with van der Waals surface area (Å²) in [5.74, 6) is 0.804. The van der Waals surface area contributed by atoms with Crippen LogP contribution in [0.5, 0.6) is 11.5 Å². The monoisotopic (exact) mass is 647 g/mol. The van der Waals surface area contributed by atoms with Gasteiger partial charge >= 0.3 is 0 Å². The van der Waals surface area contributed by atoms with Gasteiger partial charge in [0.15, 0.2) is 6.61 Å². The third kappa shape index (κ3) is 8.53. The van der Waals surface area contributed by atoms with Gasteiger partial charge in [-0.15, -0.1) is 0 Å². The molecule has 1 fully saturated rings. The minimum Gasteiger partial charge on any atom is -0.497 e. The van der Waals surface area contributed by atoms with Crippen molar-refractivity contribution in [3.05, 3.63) is 114 Å². The summed E-state index contributed by atoms with van der Waals surface area (Å²) in [6.45, 7) is 1.20. The van der Waals surface area contributed by atoms with E-state index in [4.69, 9.17) is 18.6 Å². The number of rotatable bonds is 14. The van der Waals surface area contributed by atoms with E-state index in [0.717, 1.165) is 11.1 Å². The second kappa shape index (κ2) is 15.6. The lowest BCUT2D eigenvalue weighted by molar-refractivity contribution is -0.142. The Morgan fingerprint density at radius 2 is 1.59 bits per heavy atom. The molecule has 12 heteroatoms. The molecule has 1 aliphatic rings. The zero-order valence-corrected chi connectivity index (χ0v) is 26.4. The van der Waals surface area contributed by atoms with Crippen molar-refractivity contribution in [2.75, 3.05) is 40.0 Å². The number of methoxy groups -OCH3 is 1. The summed E-state index contributed by atoms with van der Waals surface area (Å²) in [4.78, 5) is 29.3. The highest BCUT2D eigenvalue weighted by Gasteiger charge is 2.31. The fourth-order valence-corrected chi connectivity index (χ4v) is 6.47. The normalized spacial score (nSPS) is 14.3. The van der Waals surface area contributed by atoms with Crippen molar-refractivity contribution >= 4 is 21.8 Å². The van der Waals surface area contributed by atoms with E-state index in [2.05, 4.69) is 5.32 Å². The molecule has 0 aliphatic carbocycles. The van der Waals surface area contributed by atoms with E-state index < -0.39 is 22.0 Å². The van der Waals surface area contributed by atoms with Crippen LogP contribution in [-0.2, 0) is 43.9 Å².